The van der Waals surface area contributed by atoms with Gasteiger partial charge in [-0.3, -0.25) is 0 Å². The topological polar surface area (TPSA) is 37.3 Å². The molecule has 0 aromatic rings. The van der Waals surface area contributed by atoms with Crippen molar-refractivity contribution in [3.63, 3.8) is 0 Å². The van der Waals surface area contributed by atoms with Crippen LogP contribution in [0.15, 0.2) is 0 Å². The second-order valence-electron chi connectivity index (χ2n) is 4.99. The zero-order valence-corrected chi connectivity index (χ0v) is 8.52. The summed E-state index contributed by atoms with van der Waals surface area (Å²) < 4.78 is 25.7. The lowest BCUT2D eigenvalue weighted by atomic mass is 9.89. The van der Waals surface area contributed by atoms with E-state index in [9.17, 15) is 13.6 Å². The van der Waals surface area contributed by atoms with E-state index < -0.39 is 18.3 Å². The average Bonchev–Trinajstić information content (AvgIpc) is 2.28. The molecule has 1 aliphatic carbocycles. The van der Waals surface area contributed by atoms with Crippen molar-refractivity contribution in [2.75, 3.05) is 0 Å². The summed E-state index contributed by atoms with van der Waals surface area (Å²) in [6.07, 6.45) is 1.82. The first-order chi connectivity index (χ1) is 6.23. The molecule has 0 spiro atoms. The van der Waals surface area contributed by atoms with Gasteiger partial charge in [0, 0.05) is 6.42 Å². The van der Waals surface area contributed by atoms with Crippen LogP contribution in [-0.4, -0.2) is 17.0 Å². The zero-order valence-electron chi connectivity index (χ0n) is 8.52. The third-order valence-corrected chi connectivity index (χ3v) is 2.93. The number of carbonyl (C=O) groups is 1. The van der Waals surface area contributed by atoms with Crippen molar-refractivity contribution < 1.29 is 18.7 Å². The third kappa shape index (κ3) is 2.66. The number of rotatable bonds is 3. The smallest absolute Gasteiger partial charge is 0.374 e. The first-order valence-electron chi connectivity index (χ1n) is 4.84. The molecule has 0 bridgehead atoms. The van der Waals surface area contributed by atoms with Gasteiger partial charge in [-0.2, -0.15) is 8.78 Å². The van der Waals surface area contributed by atoms with Gasteiger partial charge in [-0.15, -0.1) is 0 Å². The van der Waals surface area contributed by atoms with Gasteiger partial charge in [0.05, 0.1) is 0 Å². The molecule has 82 valence electrons. The summed E-state index contributed by atoms with van der Waals surface area (Å²) in [6.45, 7) is 4.07. The molecule has 1 saturated carbocycles. The quantitative estimate of drug-likeness (QED) is 0.770. The number of halogens is 2. The van der Waals surface area contributed by atoms with E-state index in [0.717, 1.165) is 12.8 Å². The summed E-state index contributed by atoms with van der Waals surface area (Å²) in [5.74, 6) is -5.69. The van der Waals surface area contributed by atoms with Crippen LogP contribution in [0, 0.1) is 11.3 Å². The van der Waals surface area contributed by atoms with Crippen molar-refractivity contribution in [1.82, 2.24) is 0 Å². The van der Waals surface area contributed by atoms with Crippen molar-refractivity contribution in [1.29, 1.82) is 0 Å². The van der Waals surface area contributed by atoms with Gasteiger partial charge in [-0.05, 0) is 30.6 Å². The molecule has 2 nitrogen and oxygen atoms in total. The van der Waals surface area contributed by atoms with Crippen LogP contribution in [0.5, 0.6) is 0 Å². The van der Waals surface area contributed by atoms with Crippen LogP contribution in [0.4, 0.5) is 8.78 Å². The number of aliphatic carboxylic acids is 1. The summed E-state index contributed by atoms with van der Waals surface area (Å²) >= 11 is 0. The monoisotopic (exact) mass is 206 g/mol. The summed E-state index contributed by atoms with van der Waals surface area (Å²) in [6, 6.07) is 0. The van der Waals surface area contributed by atoms with Crippen molar-refractivity contribution >= 4 is 5.97 Å². The molecule has 4 heteroatoms. The van der Waals surface area contributed by atoms with Crippen LogP contribution in [-0.2, 0) is 4.79 Å². The maximum absolute atomic E-state index is 12.9. The highest BCUT2D eigenvalue weighted by Gasteiger charge is 2.44. The van der Waals surface area contributed by atoms with Crippen LogP contribution in [0.1, 0.15) is 39.5 Å². The maximum atomic E-state index is 12.9. The largest absolute Gasteiger partial charge is 0.477 e. The SMILES string of the molecule is CC1(C)CCC(CC(F)(F)C(=O)O)C1. The number of alkyl halides is 2. The number of carboxylic acids is 1. The second-order valence-corrected chi connectivity index (χ2v) is 4.99. The van der Waals surface area contributed by atoms with Crippen LogP contribution >= 0.6 is 0 Å². The molecule has 0 amide bonds. The van der Waals surface area contributed by atoms with Gasteiger partial charge in [-0.1, -0.05) is 13.8 Å². The van der Waals surface area contributed by atoms with E-state index in [1.807, 2.05) is 13.8 Å². The molecule has 14 heavy (non-hydrogen) atoms. The second kappa shape index (κ2) is 3.48. The minimum Gasteiger partial charge on any atom is -0.477 e. The summed E-state index contributed by atoms with van der Waals surface area (Å²) in [5, 5.41) is 8.28. The molecule has 1 atom stereocenters. The molecular weight excluding hydrogens is 190 g/mol. The van der Waals surface area contributed by atoms with Crippen LogP contribution in [0.2, 0.25) is 0 Å². The highest BCUT2D eigenvalue weighted by Crippen LogP contribution is 2.44. The lowest BCUT2D eigenvalue weighted by Gasteiger charge is -2.19. The predicted octanol–water partition coefficient (Wildman–Crippen LogP) is 2.92. The van der Waals surface area contributed by atoms with E-state index in [4.69, 9.17) is 5.11 Å². The van der Waals surface area contributed by atoms with Gasteiger partial charge in [-0.25, -0.2) is 4.79 Å². The highest BCUT2D eigenvalue weighted by atomic mass is 19.3. The zero-order chi connectivity index (χ0) is 11.0. The minimum absolute atomic E-state index is 0.0965. The normalized spacial score (nSPS) is 26.4. The van der Waals surface area contributed by atoms with Gasteiger partial charge >= 0.3 is 11.9 Å². The van der Waals surface area contributed by atoms with Gasteiger partial charge in [0.15, 0.2) is 0 Å². The van der Waals surface area contributed by atoms with E-state index in [-0.39, 0.29) is 11.3 Å². The molecular formula is C10H16F2O2. The van der Waals surface area contributed by atoms with Crippen LogP contribution in [0.3, 0.4) is 0 Å². The van der Waals surface area contributed by atoms with E-state index >= 15 is 0 Å². The first-order valence-corrected chi connectivity index (χ1v) is 4.84. The van der Waals surface area contributed by atoms with Gasteiger partial charge in [0.25, 0.3) is 0 Å². The Morgan fingerprint density at radius 1 is 1.57 bits per heavy atom. The molecule has 1 unspecified atom stereocenters. The van der Waals surface area contributed by atoms with E-state index in [1.54, 1.807) is 0 Å². The maximum Gasteiger partial charge on any atom is 0.374 e. The Hall–Kier alpha value is -0.670. The molecule has 0 heterocycles. The van der Waals surface area contributed by atoms with E-state index in [2.05, 4.69) is 0 Å². The molecule has 1 aliphatic rings. The molecule has 0 radical (unpaired) electrons. The average molecular weight is 206 g/mol. The molecule has 0 aromatic heterocycles. The molecule has 0 aromatic carbocycles. The third-order valence-electron chi connectivity index (χ3n) is 2.93. The summed E-state index contributed by atoms with van der Waals surface area (Å²) in [4.78, 5) is 10.2. The molecule has 1 fully saturated rings. The fourth-order valence-corrected chi connectivity index (χ4v) is 2.20. The highest BCUT2D eigenvalue weighted by molar-refractivity contribution is 5.75. The van der Waals surface area contributed by atoms with Crippen LogP contribution in [0.25, 0.3) is 0 Å². The predicted molar refractivity (Wildman–Crippen MR) is 48.3 cm³/mol. The number of hydrogen-bond donors (Lipinski definition) is 1. The van der Waals surface area contributed by atoms with Crippen molar-refractivity contribution in [2.24, 2.45) is 11.3 Å². The van der Waals surface area contributed by atoms with Crippen molar-refractivity contribution in [3.8, 4) is 0 Å². The van der Waals surface area contributed by atoms with Gasteiger partial charge in [0.1, 0.15) is 0 Å². The number of carboxylic acid groups (broad SMARTS) is 1. The minimum atomic E-state index is -3.55. The Balaban J connectivity index is 2.51. The number of hydrogen-bond acceptors (Lipinski definition) is 1. The summed E-state index contributed by atoms with van der Waals surface area (Å²) in [7, 11) is 0. The molecule has 0 aliphatic heterocycles. The lowest BCUT2D eigenvalue weighted by Crippen LogP contribution is -2.30. The summed E-state index contributed by atoms with van der Waals surface area (Å²) in [5.41, 5.74) is 0.0965. The fourth-order valence-electron chi connectivity index (χ4n) is 2.20. The molecule has 0 saturated heterocycles. The van der Waals surface area contributed by atoms with Crippen molar-refractivity contribution in [3.05, 3.63) is 0 Å². The van der Waals surface area contributed by atoms with E-state index in [1.165, 1.54) is 0 Å². The Morgan fingerprint density at radius 3 is 2.50 bits per heavy atom. The Morgan fingerprint density at radius 2 is 2.14 bits per heavy atom. The Labute approximate surface area is 82.3 Å². The van der Waals surface area contributed by atoms with Gasteiger partial charge < -0.3 is 5.11 Å². The molecule has 1 rings (SSSR count). The standard InChI is InChI=1S/C10H16F2O2/c1-9(2)4-3-7(5-9)6-10(11,12)8(13)14/h7H,3-6H2,1-2H3,(H,13,14). The van der Waals surface area contributed by atoms with Crippen LogP contribution < -0.4 is 0 Å². The Bertz CT molecular complexity index is 236. The van der Waals surface area contributed by atoms with Crippen molar-refractivity contribution in [2.45, 2.75) is 45.5 Å². The lowest BCUT2D eigenvalue weighted by molar-refractivity contribution is -0.167. The first kappa shape index (κ1) is 11.4. The Kier molecular flexibility index (Phi) is 2.83. The fraction of sp³-hybridized carbons (Fsp3) is 0.900. The van der Waals surface area contributed by atoms with Gasteiger partial charge in [0.2, 0.25) is 0 Å². The molecule has 1 N–H and O–H groups in total. The van der Waals surface area contributed by atoms with E-state index in [0.29, 0.717) is 6.42 Å².